The Hall–Kier alpha value is -1.30. The van der Waals surface area contributed by atoms with Crippen molar-refractivity contribution in [2.24, 2.45) is 5.73 Å². The highest BCUT2D eigenvalue weighted by Crippen LogP contribution is 2.24. The molecule has 21 heavy (non-hydrogen) atoms. The molecule has 0 saturated carbocycles. The van der Waals surface area contributed by atoms with Crippen molar-refractivity contribution in [3.63, 3.8) is 0 Å². The van der Waals surface area contributed by atoms with E-state index in [1.165, 1.54) is 6.92 Å². The van der Waals surface area contributed by atoms with Crippen LogP contribution in [-0.4, -0.2) is 70.6 Å². The Bertz CT molecular complexity index is 366. The lowest BCUT2D eigenvalue weighted by Crippen LogP contribution is -2.64. The van der Waals surface area contributed by atoms with Gasteiger partial charge in [-0.15, -0.1) is 0 Å². The maximum Gasteiger partial charge on any atom is 0.332 e. The van der Waals surface area contributed by atoms with Crippen LogP contribution in [0.25, 0.3) is 0 Å². The van der Waals surface area contributed by atoms with E-state index in [2.05, 4.69) is 0 Å². The second-order valence-electron chi connectivity index (χ2n) is 4.48. The molecule has 1 fully saturated rings. The van der Waals surface area contributed by atoms with Gasteiger partial charge in [0.2, 0.25) is 6.29 Å². The van der Waals surface area contributed by atoms with Crippen LogP contribution in [0.3, 0.4) is 0 Å². The van der Waals surface area contributed by atoms with E-state index >= 15 is 0 Å². The smallest absolute Gasteiger partial charge is 0.332 e. The van der Waals surface area contributed by atoms with Gasteiger partial charge >= 0.3 is 11.9 Å². The molecule has 0 radical (unpaired) electrons. The van der Waals surface area contributed by atoms with Crippen molar-refractivity contribution in [3.05, 3.63) is 0 Å². The summed E-state index contributed by atoms with van der Waals surface area (Å²) in [5.74, 6) is -1.90. The SMILES string of the molecule is CC(=O)OC1O[C@H](CO)[C@@H](O)[C@H](OC(C)C(=O)O)[C@H]1N.N. The van der Waals surface area contributed by atoms with Crippen molar-refractivity contribution in [2.45, 2.75) is 50.6 Å². The third-order valence-electron chi connectivity index (χ3n) is 2.89. The van der Waals surface area contributed by atoms with Crippen LogP contribution in [0, 0.1) is 0 Å². The van der Waals surface area contributed by atoms with Crippen LogP contribution < -0.4 is 11.9 Å². The zero-order chi connectivity index (χ0) is 15.4. The Morgan fingerprint density at radius 3 is 2.43 bits per heavy atom. The largest absolute Gasteiger partial charge is 0.479 e. The molecule has 0 bridgehead atoms. The fourth-order valence-electron chi connectivity index (χ4n) is 1.82. The third-order valence-corrected chi connectivity index (χ3v) is 2.89. The lowest BCUT2D eigenvalue weighted by Gasteiger charge is -2.42. The van der Waals surface area contributed by atoms with E-state index in [4.69, 9.17) is 30.2 Å². The number of hydrogen-bond donors (Lipinski definition) is 5. The molecule has 0 amide bonds. The number of carboxylic acid groups (broad SMARTS) is 1. The fourth-order valence-corrected chi connectivity index (χ4v) is 1.82. The van der Waals surface area contributed by atoms with E-state index in [0.717, 1.165) is 6.92 Å². The average Bonchev–Trinajstić information content (AvgIpc) is 2.36. The van der Waals surface area contributed by atoms with E-state index in [1.54, 1.807) is 0 Å². The van der Waals surface area contributed by atoms with Gasteiger partial charge in [0, 0.05) is 6.92 Å². The zero-order valence-corrected chi connectivity index (χ0v) is 11.8. The first-order chi connectivity index (χ1) is 9.27. The molecule has 10 nitrogen and oxygen atoms in total. The Kier molecular flexibility index (Phi) is 7.71. The Morgan fingerprint density at radius 2 is 2.00 bits per heavy atom. The molecule has 0 aliphatic carbocycles. The number of carbonyl (C=O) groups is 2. The van der Waals surface area contributed by atoms with Crippen LogP contribution in [0.2, 0.25) is 0 Å². The summed E-state index contributed by atoms with van der Waals surface area (Å²) >= 11 is 0. The van der Waals surface area contributed by atoms with Crippen LogP contribution in [0.5, 0.6) is 0 Å². The summed E-state index contributed by atoms with van der Waals surface area (Å²) in [5, 5.41) is 27.9. The Balaban J connectivity index is 0.00000400. The molecular formula is C11H22N2O8. The fraction of sp³-hybridized carbons (Fsp3) is 0.818. The average molecular weight is 310 g/mol. The summed E-state index contributed by atoms with van der Waals surface area (Å²) in [4.78, 5) is 21.7. The number of aliphatic carboxylic acids is 1. The van der Waals surface area contributed by atoms with Gasteiger partial charge in [0.05, 0.1) is 12.6 Å². The Labute approximate surface area is 121 Å². The van der Waals surface area contributed by atoms with Crippen LogP contribution in [0.4, 0.5) is 0 Å². The molecule has 1 rings (SSSR count). The van der Waals surface area contributed by atoms with Gasteiger partial charge in [-0.1, -0.05) is 0 Å². The maximum atomic E-state index is 11.0. The summed E-state index contributed by atoms with van der Waals surface area (Å²) in [5.41, 5.74) is 5.77. The van der Waals surface area contributed by atoms with Gasteiger partial charge < -0.3 is 41.4 Å². The molecule has 0 aromatic heterocycles. The van der Waals surface area contributed by atoms with Gasteiger partial charge in [0.15, 0.2) is 6.10 Å². The maximum absolute atomic E-state index is 11.0. The second kappa shape index (κ2) is 8.22. The number of aliphatic hydroxyl groups is 2. The van der Waals surface area contributed by atoms with Crippen molar-refractivity contribution in [3.8, 4) is 0 Å². The van der Waals surface area contributed by atoms with E-state index in [0.29, 0.717) is 0 Å². The summed E-state index contributed by atoms with van der Waals surface area (Å²) in [6, 6.07) is -1.08. The highest BCUT2D eigenvalue weighted by molar-refractivity contribution is 5.71. The van der Waals surface area contributed by atoms with E-state index in [-0.39, 0.29) is 6.15 Å². The summed E-state index contributed by atoms with van der Waals surface area (Å²) in [6.07, 6.45) is -6.06. The zero-order valence-electron chi connectivity index (χ0n) is 11.8. The number of rotatable bonds is 5. The van der Waals surface area contributed by atoms with Gasteiger partial charge in [-0.3, -0.25) is 4.79 Å². The number of carbonyl (C=O) groups excluding carboxylic acids is 1. The highest BCUT2D eigenvalue weighted by atomic mass is 16.7. The molecule has 1 aliphatic rings. The van der Waals surface area contributed by atoms with Crippen molar-refractivity contribution in [1.29, 1.82) is 0 Å². The molecule has 0 aromatic carbocycles. The number of nitrogens with two attached hydrogens (primary N) is 1. The number of carboxylic acids is 1. The molecule has 6 atom stereocenters. The van der Waals surface area contributed by atoms with E-state index < -0.39 is 55.3 Å². The lowest BCUT2D eigenvalue weighted by molar-refractivity contribution is -0.269. The quantitative estimate of drug-likeness (QED) is 0.355. The normalized spacial score (nSPS) is 33.7. The van der Waals surface area contributed by atoms with Crippen LogP contribution >= 0.6 is 0 Å². The first-order valence-electron chi connectivity index (χ1n) is 6.03. The summed E-state index contributed by atoms with van der Waals surface area (Å²) in [7, 11) is 0. The number of ether oxygens (including phenoxy) is 3. The third kappa shape index (κ3) is 4.88. The Morgan fingerprint density at radius 1 is 1.43 bits per heavy atom. The minimum absolute atomic E-state index is 0. The predicted molar refractivity (Wildman–Crippen MR) is 68.5 cm³/mol. The minimum Gasteiger partial charge on any atom is -0.479 e. The van der Waals surface area contributed by atoms with Gasteiger partial charge in [-0.2, -0.15) is 0 Å². The number of esters is 1. The van der Waals surface area contributed by atoms with E-state index in [9.17, 15) is 14.7 Å². The highest BCUT2D eigenvalue weighted by Gasteiger charge is 2.46. The van der Waals surface area contributed by atoms with Crippen LogP contribution in [0.1, 0.15) is 13.8 Å². The summed E-state index contributed by atoms with van der Waals surface area (Å²) in [6.45, 7) is 1.85. The van der Waals surface area contributed by atoms with Gasteiger partial charge in [-0.25, -0.2) is 4.79 Å². The standard InChI is InChI=1S/C11H19NO8.H3N/c1-4(10(16)17)18-9-7(12)11(19-5(2)14)20-6(3-13)8(9)15;/h4,6-9,11,13,15H,3,12H2,1-2H3,(H,16,17);1H3/t4?,6-,7-,8-,9-,11?;/m1./s1. The summed E-state index contributed by atoms with van der Waals surface area (Å²) < 4.78 is 15.1. The first-order valence-corrected chi connectivity index (χ1v) is 6.03. The molecular weight excluding hydrogens is 288 g/mol. The molecule has 0 spiro atoms. The first kappa shape index (κ1) is 19.7. The van der Waals surface area contributed by atoms with Gasteiger partial charge in [-0.05, 0) is 6.92 Å². The lowest BCUT2D eigenvalue weighted by atomic mass is 9.97. The van der Waals surface area contributed by atoms with Crippen LogP contribution in [-0.2, 0) is 23.8 Å². The monoisotopic (exact) mass is 310 g/mol. The molecule has 1 aliphatic heterocycles. The van der Waals surface area contributed by atoms with Crippen molar-refractivity contribution in [2.75, 3.05) is 6.61 Å². The second-order valence-corrected chi connectivity index (χ2v) is 4.48. The predicted octanol–water partition coefficient (Wildman–Crippen LogP) is -2.02. The number of hydrogen-bond acceptors (Lipinski definition) is 9. The molecule has 10 heteroatoms. The minimum atomic E-state index is -1.34. The number of aliphatic hydroxyl groups excluding tert-OH is 2. The molecule has 8 N–H and O–H groups in total. The van der Waals surface area contributed by atoms with Gasteiger partial charge in [0.1, 0.15) is 18.3 Å². The van der Waals surface area contributed by atoms with Crippen molar-refractivity contribution in [1.82, 2.24) is 6.15 Å². The van der Waals surface area contributed by atoms with E-state index in [1.807, 2.05) is 0 Å². The molecule has 1 saturated heterocycles. The van der Waals surface area contributed by atoms with Crippen molar-refractivity contribution < 1.29 is 39.1 Å². The molecule has 0 aromatic rings. The molecule has 2 unspecified atom stereocenters. The van der Waals surface area contributed by atoms with Crippen LogP contribution in [0.15, 0.2) is 0 Å². The van der Waals surface area contributed by atoms with Crippen molar-refractivity contribution >= 4 is 11.9 Å². The van der Waals surface area contributed by atoms with Gasteiger partial charge in [0.25, 0.3) is 0 Å². The molecule has 124 valence electrons. The topological polar surface area (TPSA) is 184 Å². The molecule has 1 heterocycles.